The monoisotopic (exact) mass is 218 g/mol. The number of fused-ring (bicyclic) bond motifs is 1. The van der Waals surface area contributed by atoms with Crippen molar-refractivity contribution >= 4 is 11.0 Å². The van der Waals surface area contributed by atoms with E-state index >= 15 is 0 Å². The molecule has 2 heteroatoms. The fraction of sp³-hybridized carbons (Fsp3) is 0. The Morgan fingerprint density at radius 2 is 1.76 bits per heavy atom. The number of hydrogen-bond donors (Lipinski definition) is 1. The third-order valence-corrected chi connectivity index (χ3v) is 2.71. The Bertz CT molecular complexity index is 667. The lowest BCUT2D eigenvalue weighted by molar-refractivity contribution is 1.33. The fourth-order valence-electron chi connectivity index (χ4n) is 1.81. The van der Waals surface area contributed by atoms with Crippen molar-refractivity contribution in [2.45, 2.75) is 0 Å². The molecule has 0 aliphatic rings. The summed E-state index contributed by atoms with van der Waals surface area (Å²) in [5.74, 6) is 3.47. The molecule has 80 valence electrons. The number of H-pyrrole nitrogens is 1. The van der Waals surface area contributed by atoms with E-state index in [-0.39, 0.29) is 0 Å². The average Bonchev–Trinajstić information content (AvgIpc) is 2.82. The van der Waals surface area contributed by atoms with Gasteiger partial charge in [0.2, 0.25) is 0 Å². The molecule has 0 bridgehead atoms. The van der Waals surface area contributed by atoms with Crippen molar-refractivity contribution in [3.8, 4) is 23.7 Å². The molecule has 0 unspecified atom stereocenters. The molecule has 1 heterocycles. The van der Waals surface area contributed by atoms with Crippen LogP contribution in [-0.4, -0.2) is 9.97 Å². The van der Waals surface area contributed by atoms with Gasteiger partial charge in [0.1, 0.15) is 5.82 Å². The van der Waals surface area contributed by atoms with Gasteiger partial charge in [0.15, 0.2) is 0 Å². The summed E-state index contributed by atoms with van der Waals surface area (Å²) in [5, 5.41) is 0. The van der Waals surface area contributed by atoms with E-state index in [2.05, 4.69) is 15.9 Å². The normalized spacial score (nSPS) is 10.3. The second-order valence-electron chi connectivity index (χ2n) is 3.82. The molecular formula is C15H10N2. The van der Waals surface area contributed by atoms with Crippen LogP contribution in [0.25, 0.3) is 22.4 Å². The Labute approximate surface area is 99.3 Å². The van der Waals surface area contributed by atoms with Crippen molar-refractivity contribution < 1.29 is 0 Å². The molecule has 0 spiro atoms. The van der Waals surface area contributed by atoms with E-state index in [0.29, 0.717) is 0 Å². The van der Waals surface area contributed by atoms with Crippen molar-refractivity contribution in [3.63, 3.8) is 0 Å². The number of nitrogens with one attached hydrogen (secondary N) is 1. The molecule has 17 heavy (non-hydrogen) atoms. The van der Waals surface area contributed by atoms with E-state index in [1.165, 1.54) is 0 Å². The Hall–Kier alpha value is -2.53. The number of terminal acetylenes is 1. The number of benzene rings is 2. The van der Waals surface area contributed by atoms with Crippen LogP contribution in [0.4, 0.5) is 0 Å². The van der Waals surface area contributed by atoms with Gasteiger partial charge in [-0.15, -0.1) is 6.42 Å². The number of nitrogens with zero attached hydrogens (tertiary/aromatic N) is 1. The second kappa shape index (κ2) is 3.80. The molecule has 0 radical (unpaired) electrons. The van der Waals surface area contributed by atoms with Crippen LogP contribution >= 0.6 is 0 Å². The number of imidazole rings is 1. The van der Waals surface area contributed by atoms with Gasteiger partial charge in [-0.2, -0.15) is 0 Å². The lowest BCUT2D eigenvalue weighted by Crippen LogP contribution is -1.80. The van der Waals surface area contributed by atoms with Crippen LogP contribution in [0.2, 0.25) is 0 Å². The van der Waals surface area contributed by atoms with E-state index in [4.69, 9.17) is 6.42 Å². The Balaban J connectivity index is 2.11. The van der Waals surface area contributed by atoms with Crippen LogP contribution in [0, 0.1) is 12.3 Å². The second-order valence-corrected chi connectivity index (χ2v) is 3.82. The van der Waals surface area contributed by atoms with Crippen LogP contribution in [0.15, 0.2) is 48.5 Å². The average molecular weight is 218 g/mol. The first-order valence-electron chi connectivity index (χ1n) is 5.38. The standard InChI is InChI=1S/C15H10N2/c1-2-11-7-9-12(10-8-11)15-16-13-5-3-4-6-14(13)17-15/h1,3-10H,(H,16,17). The highest BCUT2D eigenvalue weighted by molar-refractivity contribution is 5.79. The van der Waals surface area contributed by atoms with E-state index in [9.17, 15) is 0 Å². The maximum Gasteiger partial charge on any atom is 0.138 e. The Morgan fingerprint density at radius 1 is 1.00 bits per heavy atom. The first-order valence-corrected chi connectivity index (χ1v) is 5.38. The lowest BCUT2D eigenvalue weighted by atomic mass is 10.1. The maximum atomic E-state index is 5.33. The summed E-state index contributed by atoms with van der Waals surface area (Å²) in [6.45, 7) is 0. The Morgan fingerprint density at radius 3 is 2.47 bits per heavy atom. The number of para-hydroxylation sites is 2. The molecular weight excluding hydrogens is 208 g/mol. The van der Waals surface area contributed by atoms with Gasteiger partial charge in [0, 0.05) is 11.1 Å². The zero-order valence-corrected chi connectivity index (χ0v) is 9.14. The molecule has 0 atom stereocenters. The van der Waals surface area contributed by atoms with E-state index in [0.717, 1.165) is 28.0 Å². The zero-order valence-electron chi connectivity index (χ0n) is 9.14. The van der Waals surface area contributed by atoms with E-state index in [1.807, 2.05) is 48.5 Å². The van der Waals surface area contributed by atoms with Crippen LogP contribution in [0.3, 0.4) is 0 Å². The molecule has 1 aromatic heterocycles. The van der Waals surface area contributed by atoms with Crippen LogP contribution in [-0.2, 0) is 0 Å². The molecule has 0 saturated heterocycles. The van der Waals surface area contributed by atoms with Crippen molar-refractivity contribution in [3.05, 3.63) is 54.1 Å². The van der Waals surface area contributed by atoms with Gasteiger partial charge in [-0.1, -0.05) is 30.2 Å². The number of aromatic amines is 1. The third kappa shape index (κ3) is 1.68. The highest BCUT2D eigenvalue weighted by Crippen LogP contribution is 2.20. The molecule has 3 rings (SSSR count). The predicted octanol–water partition coefficient (Wildman–Crippen LogP) is 3.21. The molecule has 0 aliphatic carbocycles. The molecule has 3 aromatic rings. The van der Waals surface area contributed by atoms with Crippen LogP contribution < -0.4 is 0 Å². The summed E-state index contributed by atoms with van der Waals surface area (Å²) in [5.41, 5.74) is 3.94. The van der Waals surface area contributed by atoms with Crippen molar-refractivity contribution in [2.75, 3.05) is 0 Å². The van der Waals surface area contributed by atoms with Crippen molar-refractivity contribution in [2.24, 2.45) is 0 Å². The molecule has 0 aliphatic heterocycles. The fourth-order valence-corrected chi connectivity index (χ4v) is 1.81. The molecule has 0 amide bonds. The molecule has 0 fully saturated rings. The SMILES string of the molecule is C#Cc1ccc(-c2nc3ccccc3[nH]2)cc1. The summed E-state index contributed by atoms with van der Waals surface area (Å²) in [7, 11) is 0. The minimum atomic E-state index is 0.870. The van der Waals surface area contributed by atoms with Gasteiger partial charge in [0.05, 0.1) is 11.0 Å². The van der Waals surface area contributed by atoms with E-state index < -0.39 is 0 Å². The smallest absolute Gasteiger partial charge is 0.138 e. The quantitative estimate of drug-likeness (QED) is 0.624. The van der Waals surface area contributed by atoms with Gasteiger partial charge in [-0.05, 0) is 24.3 Å². The number of aromatic nitrogens is 2. The predicted molar refractivity (Wildman–Crippen MR) is 69.5 cm³/mol. The minimum Gasteiger partial charge on any atom is -0.338 e. The highest BCUT2D eigenvalue weighted by atomic mass is 14.9. The summed E-state index contributed by atoms with van der Waals surface area (Å²) in [4.78, 5) is 7.82. The number of hydrogen-bond acceptors (Lipinski definition) is 1. The van der Waals surface area contributed by atoms with Crippen molar-refractivity contribution in [1.29, 1.82) is 0 Å². The van der Waals surface area contributed by atoms with Crippen molar-refractivity contribution in [1.82, 2.24) is 9.97 Å². The molecule has 0 saturated carbocycles. The first kappa shape index (κ1) is 9.68. The topological polar surface area (TPSA) is 28.7 Å². The van der Waals surface area contributed by atoms with Crippen LogP contribution in [0.1, 0.15) is 5.56 Å². The van der Waals surface area contributed by atoms with E-state index in [1.54, 1.807) is 0 Å². The van der Waals surface area contributed by atoms with Gasteiger partial charge in [-0.3, -0.25) is 0 Å². The molecule has 1 N–H and O–H groups in total. The maximum absolute atomic E-state index is 5.33. The summed E-state index contributed by atoms with van der Waals surface area (Å²) < 4.78 is 0. The van der Waals surface area contributed by atoms with Gasteiger partial charge < -0.3 is 4.98 Å². The minimum absolute atomic E-state index is 0.870. The van der Waals surface area contributed by atoms with Gasteiger partial charge >= 0.3 is 0 Å². The van der Waals surface area contributed by atoms with Gasteiger partial charge in [0.25, 0.3) is 0 Å². The summed E-state index contributed by atoms with van der Waals surface area (Å²) in [6, 6.07) is 15.8. The first-order chi connectivity index (χ1) is 8.36. The summed E-state index contributed by atoms with van der Waals surface area (Å²) in [6.07, 6.45) is 5.33. The van der Waals surface area contributed by atoms with Gasteiger partial charge in [-0.25, -0.2) is 4.98 Å². The largest absolute Gasteiger partial charge is 0.338 e. The summed E-state index contributed by atoms with van der Waals surface area (Å²) >= 11 is 0. The molecule has 2 aromatic carbocycles. The van der Waals surface area contributed by atoms with Crippen LogP contribution in [0.5, 0.6) is 0 Å². The Kier molecular flexibility index (Phi) is 2.16. The highest BCUT2D eigenvalue weighted by Gasteiger charge is 2.03. The molecule has 2 nitrogen and oxygen atoms in total. The number of rotatable bonds is 1. The third-order valence-electron chi connectivity index (χ3n) is 2.71. The lowest BCUT2D eigenvalue weighted by Gasteiger charge is -1.96. The zero-order chi connectivity index (χ0) is 11.7.